The maximum Gasteiger partial charge on any atom is 0.140 e. The molecule has 150 valence electrons. The monoisotopic (exact) mass is 410 g/mol. The lowest BCUT2D eigenvalue weighted by Gasteiger charge is -2.35. The number of fused-ring (bicyclic) bond motifs is 4. The highest BCUT2D eigenvalue weighted by molar-refractivity contribution is 7.23. The molecule has 0 amide bonds. The van der Waals surface area contributed by atoms with Crippen molar-refractivity contribution in [2.75, 3.05) is 38.7 Å². The number of nitrogens with zero attached hydrogens (tertiary/aromatic N) is 2. The lowest BCUT2D eigenvalue weighted by molar-refractivity contribution is 0.168. The van der Waals surface area contributed by atoms with Crippen LogP contribution in [0.15, 0.2) is 47.5 Å². The largest absolute Gasteiger partial charge is 0.385 e. The molecular formula is C22H23FN4OS. The van der Waals surface area contributed by atoms with Crippen molar-refractivity contribution in [2.45, 2.75) is 12.5 Å². The van der Waals surface area contributed by atoms with Gasteiger partial charge < -0.3 is 20.3 Å². The molecule has 7 heteroatoms. The third kappa shape index (κ3) is 3.50. The lowest BCUT2D eigenvalue weighted by atomic mass is 10.1. The molecule has 0 unspecified atom stereocenters. The summed E-state index contributed by atoms with van der Waals surface area (Å²) in [5.41, 5.74) is 2.58. The first kappa shape index (κ1) is 18.5. The molecule has 5 nitrogen and oxygen atoms in total. The summed E-state index contributed by atoms with van der Waals surface area (Å²) in [5, 5.41) is 9.32. The summed E-state index contributed by atoms with van der Waals surface area (Å²) in [7, 11) is 1.73. The van der Waals surface area contributed by atoms with E-state index in [4.69, 9.17) is 9.73 Å². The van der Waals surface area contributed by atoms with Gasteiger partial charge in [-0.3, -0.25) is 0 Å². The predicted molar refractivity (Wildman–Crippen MR) is 118 cm³/mol. The van der Waals surface area contributed by atoms with Crippen molar-refractivity contribution in [1.82, 2.24) is 10.2 Å². The highest BCUT2D eigenvalue weighted by atomic mass is 32.1. The van der Waals surface area contributed by atoms with Gasteiger partial charge >= 0.3 is 0 Å². The summed E-state index contributed by atoms with van der Waals surface area (Å²) in [5.74, 6) is 0.639. The van der Waals surface area contributed by atoms with Gasteiger partial charge in [-0.2, -0.15) is 0 Å². The van der Waals surface area contributed by atoms with E-state index in [9.17, 15) is 4.39 Å². The van der Waals surface area contributed by atoms with E-state index in [1.54, 1.807) is 24.5 Å². The fraction of sp³-hybridized carbons (Fsp3) is 0.318. The average molecular weight is 411 g/mol. The molecular weight excluding hydrogens is 387 g/mol. The van der Waals surface area contributed by atoms with E-state index in [-0.39, 0.29) is 5.82 Å². The maximum atomic E-state index is 14.0. The second kappa shape index (κ2) is 7.74. The van der Waals surface area contributed by atoms with Gasteiger partial charge in [-0.15, -0.1) is 11.3 Å². The molecule has 1 aromatic heterocycles. The van der Waals surface area contributed by atoms with Crippen LogP contribution in [-0.2, 0) is 4.74 Å². The number of hydrogen-bond donors (Lipinski definition) is 2. The molecule has 0 spiro atoms. The maximum absolute atomic E-state index is 14.0. The van der Waals surface area contributed by atoms with Crippen molar-refractivity contribution < 1.29 is 9.13 Å². The number of nitrogens with one attached hydrogen (secondary N) is 2. The molecule has 2 aliphatic heterocycles. The van der Waals surface area contributed by atoms with Crippen molar-refractivity contribution in [2.24, 2.45) is 4.99 Å². The lowest BCUT2D eigenvalue weighted by Crippen LogP contribution is -2.53. The molecule has 0 saturated carbocycles. The van der Waals surface area contributed by atoms with Crippen LogP contribution in [-0.4, -0.2) is 50.1 Å². The van der Waals surface area contributed by atoms with Crippen LogP contribution in [0.4, 0.5) is 20.8 Å². The third-order valence-corrected chi connectivity index (χ3v) is 6.57. The number of aliphatic imine (C=N–C) groups is 1. The third-order valence-electron chi connectivity index (χ3n) is 5.48. The van der Waals surface area contributed by atoms with E-state index < -0.39 is 0 Å². The molecule has 29 heavy (non-hydrogen) atoms. The Balaban J connectivity index is 1.63. The zero-order valence-electron chi connectivity index (χ0n) is 16.2. The fourth-order valence-corrected chi connectivity index (χ4v) is 5.16. The van der Waals surface area contributed by atoms with E-state index >= 15 is 0 Å². The summed E-state index contributed by atoms with van der Waals surface area (Å²) < 4.78 is 20.5. The van der Waals surface area contributed by atoms with Crippen LogP contribution in [0, 0.1) is 5.82 Å². The standard InChI is InChI=1S/C22H23FN4OS/c1-28-11-8-15-13-27(10-9-24-15)21-20-16-4-2-3-5-19(16)29-22(20)26-17-7-6-14(23)12-18(17)25-21/h2-7,12,15,24,26H,8-11,13H2,1H3/t15-/m0/s1. The molecule has 5 rings (SSSR count). The van der Waals surface area contributed by atoms with Crippen molar-refractivity contribution in [3.8, 4) is 0 Å². The molecule has 0 bridgehead atoms. The number of hydrogen-bond acceptors (Lipinski definition) is 6. The number of halogens is 1. The Morgan fingerprint density at radius 1 is 1.28 bits per heavy atom. The SMILES string of the molecule is COCC[C@H]1CN(C2=Nc3cc(F)ccc3Nc3sc4ccccc4c32)CCN1. The van der Waals surface area contributed by atoms with E-state index in [0.29, 0.717) is 11.7 Å². The van der Waals surface area contributed by atoms with Gasteiger partial charge in [-0.1, -0.05) is 18.2 Å². The molecule has 1 atom stereocenters. The molecule has 1 saturated heterocycles. The van der Waals surface area contributed by atoms with Gasteiger partial charge in [0.15, 0.2) is 0 Å². The molecule has 2 aromatic carbocycles. The van der Waals surface area contributed by atoms with Gasteiger partial charge in [-0.25, -0.2) is 9.38 Å². The number of rotatable bonds is 3. The zero-order valence-corrected chi connectivity index (χ0v) is 17.1. The number of methoxy groups -OCH3 is 1. The number of amidine groups is 1. The minimum Gasteiger partial charge on any atom is -0.385 e. The fourth-order valence-electron chi connectivity index (χ4n) is 4.05. The predicted octanol–water partition coefficient (Wildman–Crippen LogP) is 4.49. The second-order valence-corrected chi connectivity index (χ2v) is 8.45. The van der Waals surface area contributed by atoms with Crippen LogP contribution in [0.5, 0.6) is 0 Å². The number of piperazine rings is 1. The number of benzene rings is 2. The molecule has 3 aromatic rings. The number of ether oxygens (including phenoxy) is 1. The molecule has 0 radical (unpaired) electrons. The average Bonchev–Trinajstić information content (AvgIpc) is 3.02. The molecule has 3 heterocycles. The highest BCUT2D eigenvalue weighted by Crippen LogP contribution is 2.43. The summed E-state index contributed by atoms with van der Waals surface area (Å²) >= 11 is 1.72. The van der Waals surface area contributed by atoms with Crippen molar-refractivity contribution in [3.05, 3.63) is 53.8 Å². The normalized spacial score (nSPS) is 18.6. The van der Waals surface area contributed by atoms with Crippen LogP contribution in [0.25, 0.3) is 10.1 Å². The van der Waals surface area contributed by atoms with Crippen LogP contribution in [0.2, 0.25) is 0 Å². The molecule has 2 aliphatic rings. The Morgan fingerprint density at radius 3 is 3.07 bits per heavy atom. The number of thiophene rings is 1. The first-order chi connectivity index (χ1) is 14.2. The number of anilines is 2. The summed E-state index contributed by atoms with van der Waals surface area (Å²) in [6, 6.07) is 13.5. The van der Waals surface area contributed by atoms with Gasteiger partial charge in [-0.05, 0) is 24.6 Å². The molecule has 2 N–H and O–H groups in total. The quantitative estimate of drug-likeness (QED) is 0.668. The minimum atomic E-state index is -0.276. The van der Waals surface area contributed by atoms with E-state index in [1.807, 2.05) is 0 Å². The van der Waals surface area contributed by atoms with Gasteiger partial charge in [0.1, 0.15) is 16.7 Å². The van der Waals surface area contributed by atoms with Crippen molar-refractivity contribution in [1.29, 1.82) is 0 Å². The first-order valence-corrected chi connectivity index (χ1v) is 10.7. The van der Waals surface area contributed by atoms with Crippen molar-refractivity contribution in [3.63, 3.8) is 0 Å². The second-order valence-electron chi connectivity index (χ2n) is 7.40. The Kier molecular flexibility index (Phi) is 4.95. The summed E-state index contributed by atoms with van der Waals surface area (Å²) in [4.78, 5) is 7.32. The van der Waals surface area contributed by atoms with Crippen LogP contribution < -0.4 is 10.6 Å². The van der Waals surface area contributed by atoms with Crippen LogP contribution >= 0.6 is 11.3 Å². The van der Waals surface area contributed by atoms with Crippen LogP contribution in [0.3, 0.4) is 0 Å². The summed E-state index contributed by atoms with van der Waals surface area (Å²) in [6.07, 6.45) is 0.945. The summed E-state index contributed by atoms with van der Waals surface area (Å²) in [6.45, 7) is 3.31. The van der Waals surface area contributed by atoms with Gasteiger partial charge in [0.25, 0.3) is 0 Å². The van der Waals surface area contributed by atoms with Gasteiger partial charge in [0.05, 0.1) is 16.9 Å². The topological polar surface area (TPSA) is 48.9 Å². The zero-order chi connectivity index (χ0) is 19.8. The van der Waals surface area contributed by atoms with Gasteiger partial charge in [0.2, 0.25) is 0 Å². The minimum absolute atomic E-state index is 0.276. The van der Waals surface area contributed by atoms with E-state index in [0.717, 1.165) is 54.7 Å². The van der Waals surface area contributed by atoms with E-state index in [2.05, 4.69) is 39.8 Å². The Labute approximate surface area is 173 Å². The Hall–Kier alpha value is -2.48. The Morgan fingerprint density at radius 2 is 2.17 bits per heavy atom. The van der Waals surface area contributed by atoms with Gasteiger partial charge in [0, 0.05) is 55.5 Å². The highest BCUT2D eigenvalue weighted by Gasteiger charge is 2.29. The first-order valence-electron chi connectivity index (χ1n) is 9.87. The van der Waals surface area contributed by atoms with E-state index in [1.165, 1.54) is 22.2 Å². The molecule has 1 fully saturated rings. The molecule has 0 aliphatic carbocycles. The van der Waals surface area contributed by atoms with Crippen molar-refractivity contribution >= 4 is 43.6 Å². The smallest absolute Gasteiger partial charge is 0.140 e. The van der Waals surface area contributed by atoms with Crippen LogP contribution in [0.1, 0.15) is 12.0 Å². The Bertz CT molecular complexity index is 1080.